The van der Waals surface area contributed by atoms with Crippen LogP contribution in [0.4, 0.5) is 5.82 Å². The van der Waals surface area contributed by atoms with Crippen molar-refractivity contribution in [2.75, 3.05) is 11.9 Å². The number of aromatic nitrogens is 4. The van der Waals surface area contributed by atoms with Gasteiger partial charge in [-0.1, -0.05) is 32.4 Å². The Morgan fingerprint density at radius 1 is 1.37 bits per heavy atom. The van der Waals surface area contributed by atoms with E-state index in [1.807, 2.05) is 0 Å². The first-order valence-corrected chi connectivity index (χ1v) is 6.80. The molecule has 0 radical (unpaired) electrons. The SMILES string of the molecule is CCCNc1ncnc(-n2cc(Cl)cn2)c1C(C)C. The van der Waals surface area contributed by atoms with Gasteiger partial charge < -0.3 is 5.32 Å². The highest BCUT2D eigenvalue weighted by Gasteiger charge is 2.16. The maximum atomic E-state index is 5.92. The molecule has 5 nitrogen and oxygen atoms in total. The summed E-state index contributed by atoms with van der Waals surface area (Å²) in [5.74, 6) is 1.93. The van der Waals surface area contributed by atoms with Crippen molar-refractivity contribution in [2.45, 2.75) is 33.1 Å². The Bertz CT molecular complexity index is 550. The van der Waals surface area contributed by atoms with E-state index in [4.69, 9.17) is 11.6 Å². The molecule has 19 heavy (non-hydrogen) atoms. The van der Waals surface area contributed by atoms with Crippen molar-refractivity contribution in [1.29, 1.82) is 0 Å². The number of nitrogens with zero attached hydrogens (tertiary/aromatic N) is 4. The first-order valence-electron chi connectivity index (χ1n) is 6.42. The number of halogens is 1. The highest BCUT2D eigenvalue weighted by Crippen LogP contribution is 2.27. The van der Waals surface area contributed by atoms with Gasteiger partial charge in [-0.25, -0.2) is 14.6 Å². The quantitative estimate of drug-likeness (QED) is 0.913. The van der Waals surface area contributed by atoms with Crippen molar-refractivity contribution in [1.82, 2.24) is 19.7 Å². The summed E-state index contributed by atoms with van der Waals surface area (Å²) >= 11 is 5.92. The van der Waals surface area contributed by atoms with Crippen LogP contribution in [0.2, 0.25) is 5.02 Å². The number of rotatable bonds is 5. The van der Waals surface area contributed by atoms with Gasteiger partial charge in [0.05, 0.1) is 17.4 Å². The molecule has 102 valence electrons. The van der Waals surface area contributed by atoms with Crippen molar-refractivity contribution < 1.29 is 0 Å². The van der Waals surface area contributed by atoms with Crippen molar-refractivity contribution >= 4 is 17.4 Å². The monoisotopic (exact) mass is 279 g/mol. The lowest BCUT2D eigenvalue weighted by Crippen LogP contribution is -2.12. The summed E-state index contributed by atoms with van der Waals surface area (Å²) in [6.07, 6.45) is 5.95. The smallest absolute Gasteiger partial charge is 0.162 e. The van der Waals surface area contributed by atoms with Gasteiger partial charge in [0, 0.05) is 12.1 Å². The second kappa shape index (κ2) is 6.02. The zero-order valence-corrected chi connectivity index (χ0v) is 12.1. The molecular formula is C13H18ClN5. The fourth-order valence-electron chi connectivity index (χ4n) is 1.90. The summed E-state index contributed by atoms with van der Waals surface area (Å²) in [7, 11) is 0. The van der Waals surface area contributed by atoms with Gasteiger partial charge in [-0.2, -0.15) is 5.10 Å². The molecule has 0 bridgehead atoms. The summed E-state index contributed by atoms with van der Waals surface area (Å²) in [5, 5.41) is 8.15. The third-order valence-electron chi connectivity index (χ3n) is 2.75. The van der Waals surface area contributed by atoms with E-state index in [2.05, 4.69) is 41.2 Å². The average Bonchev–Trinajstić information content (AvgIpc) is 2.82. The lowest BCUT2D eigenvalue weighted by atomic mass is 10.0. The van der Waals surface area contributed by atoms with Crippen LogP contribution in [0.25, 0.3) is 5.82 Å². The topological polar surface area (TPSA) is 55.6 Å². The van der Waals surface area contributed by atoms with Gasteiger partial charge >= 0.3 is 0 Å². The van der Waals surface area contributed by atoms with E-state index in [0.717, 1.165) is 30.2 Å². The number of hydrogen-bond acceptors (Lipinski definition) is 4. The minimum absolute atomic E-state index is 0.290. The van der Waals surface area contributed by atoms with E-state index in [9.17, 15) is 0 Å². The van der Waals surface area contributed by atoms with Crippen LogP contribution in [0.1, 0.15) is 38.7 Å². The van der Waals surface area contributed by atoms with Crippen LogP contribution in [-0.4, -0.2) is 26.3 Å². The van der Waals surface area contributed by atoms with E-state index >= 15 is 0 Å². The van der Waals surface area contributed by atoms with Crippen LogP contribution >= 0.6 is 11.6 Å². The maximum absolute atomic E-state index is 5.92. The van der Waals surface area contributed by atoms with Gasteiger partial charge in [-0.3, -0.25) is 0 Å². The van der Waals surface area contributed by atoms with Crippen molar-refractivity contribution in [3.63, 3.8) is 0 Å². The molecule has 0 unspecified atom stereocenters. The van der Waals surface area contributed by atoms with Crippen LogP contribution in [0.5, 0.6) is 0 Å². The standard InChI is InChI=1S/C13H18ClN5/c1-4-5-15-12-11(9(2)3)13(17-8-16-12)19-7-10(14)6-18-19/h6-9H,4-5H2,1-3H3,(H,15,16,17). The second-order valence-electron chi connectivity index (χ2n) is 4.64. The van der Waals surface area contributed by atoms with Crippen LogP contribution in [-0.2, 0) is 0 Å². The van der Waals surface area contributed by atoms with Crippen LogP contribution < -0.4 is 5.32 Å². The highest BCUT2D eigenvalue weighted by atomic mass is 35.5. The molecule has 2 heterocycles. The Balaban J connectivity index is 2.48. The second-order valence-corrected chi connectivity index (χ2v) is 5.08. The van der Waals surface area contributed by atoms with Crippen molar-refractivity contribution in [3.05, 3.63) is 29.3 Å². The summed E-state index contributed by atoms with van der Waals surface area (Å²) < 4.78 is 1.69. The first-order chi connectivity index (χ1) is 9.13. The molecular weight excluding hydrogens is 262 g/mol. The average molecular weight is 280 g/mol. The molecule has 0 atom stereocenters. The molecule has 0 aliphatic heterocycles. The zero-order valence-electron chi connectivity index (χ0n) is 11.4. The molecule has 0 spiro atoms. The molecule has 2 aromatic rings. The molecule has 0 saturated carbocycles. The van der Waals surface area contributed by atoms with Crippen molar-refractivity contribution in [3.8, 4) is 5.82 Å². The van der Waals surface area contributed by atoms with Gasteiger partial charge in [-0.05, 0) is 12.3 Å². The Morgan fingerprint density at radius 3 is 2.74 bits per heavy atom. The molecule has 0 aromatic carbocycles. The van der Waals surface area contributed by atoms with E-state index in [1.165, 1.54) is 0 Å². The Hall–Kier alpha value is -1.62. The summed E-state index contributed by atoms with van der Waals surface area (Å²) in [6.45, 7) is 7.24. The van der Waals surface area contributed by atoms with Crippen LogP contribution in [0.3, 0.4) is 0 Å². The molecule has 0 amide bonds. The van der Waals surface area contributed by atoms with Gasteiger partial charge in [0.1, 0.15) is 12.1 Å². The molecule has 0 saturated heterocycles. The summed E-state index contributed by atoms with van der Waals surface area (Å²) in [5.41, 5.74) is 1.05. The van der Waals surface area contributed by atoms with E-state index in [-0.39, 0.29) is 0 Å². The summed E-state index contributed by atoms with van der Waals surface area (Å²) in [4.78, 5) is 8.68. The Kier molecular flexibility index (Phi) is 4.37. The Morgan fingerprint density at radius 2 is 2.16 bits per heavy atom. The third kappa shape index (κ3) is 3.04. The summed E-state index contributed by atoms with van der Waals surface area (Å²) in [6, 6.07) is 0. The van der Waals surface area contributed by atoms with Crippen LogP contribution in [0, 0.1) is 0 Å². The predicted molar refractivity (Wildman–Crippen MR) is 77.0 cm³/mol. The fourth-order valence-corrected chi connectivity index (χ4v) is 2.04. The van der Waals surface area contributed by atoms with E-state index < -0.39 is 0 Å². The largest absolute Gasteiger partial charge is 0.370 e. The van der Waals surface area contributed by atoms with Gasteiger partial charge in [0.15, 0.2) is 5.82 Å². The maximum Gasteiger partial charge on any atom is 0.162 e. The first kappa shape index (κ1) is 13.8. The third-order valence-corrected chi connectivity index (χ3v) is 2.95. The van der Waals surface area contributed by atoms with E-state index in [1.54, 1.807) is 23.4 Å². The predicted octanol–water partition coefficient (Wildman–Crippen LogP) is 3.26. The molecule has 0 aliphatic rings. The fraction of sp³-hybridized carbons (Fsp3) is 0.462. The van der Waals surface area contributed by atoms with Gasteiger partial charge in [0.25, 0.3) is 0 Å². The number of anilines is 1. The Labute approximate surface area is 118 Å². The molecule has 2 aromatic heterocycles. The zero-order chi connectivity index (χ0) is 13.8. The molecule has 1 N–H and O–H groups in total. The van der Waals surface area contributed by atoms with Gasteiger partial charge in [-0.15, -0.1) is 0 Å². The normalized spacial score (nSPS) is 11.0. The molecule has 0 fully saturated rings. The highest BCUT2D eigenvalue weighted by molar-refractivity contribution is 6.30. The van der Waals surface area contributed by atoms with Gasteiger partial charge in [0.2, 0.25) is 0 Å². The lowest BCUT2D eigenvalue weighted by Gasteiger charge is -2.16. The molecule has 6 heteroatoms. The number of hydrogen-bond donors (Lipinski definition) is 1. The van der Waals surface area contributed by atoms with Crippen molar-refractivity contribution in [2.24, 2.45) is 0 Å². The molecule has 0 aliphatic carbocycles. The molecule has 2 rings (SSSR count). The number of nitrogens with one attached hydrogen (secondary N) is 1. The van der Waals surface area contributed by atoms with E-state index in [0.29, 0.717) is 10.9 Å². The van der Waals surface area contributed by atoms with Crippen LogP contribution in [0.15, 0.2) is 18.7 Å². The minimum Gasteiger partial charge on any atom is -0.370 e. The minimum atomic E-state index is 0.290. The lowest BCUT2D eigenvalue weighted by molar-refractivity contribution is 0.771.